The van der Waals surface area contributed by atoms with E-state index in [2.05, 4.69) is 10.3 Å². The Morgan fingerprint density at radius 2 is 1.75 bits per heavy atom. The minimum Gasteiger partial charge on any atom is -0.457 e. The number of ether oxygens (including phenoxy) is 1. The Balaban J connectivity index is 1.71. The van der Waals surface area contributed by atoms with Crippen LogP contribution in [-0.2, 0) is 0 Å². The summed E-state index contributed by atoms with van der Waals surface area (Å²) in [6.07, 6.45) is 3.44. The number of hydrogen-bond donors (Lipinski definition) is 1. The molecule has 2 aromatic rings. The van der Waals surface area contributed by atoms with E-state index in [1.165, 1.54) is 12.8 Å². The van der Waals surface area contributed by atoms with E-state index in [-0.39, 0.29) is 0 Å². The minimum atomic E-state index is 0.831. The monoisotopic (exact) mass is 266 g/mol. The maximum absolute atomic E-state index is 5.83. The van der Waals surface area contributed by atoms with Crippen molar-refractivity contribution >= 4 is 11.5 Å². The molecule has 0 saturated heterocycles. The number of nitrogens with one attached hydrogen (secondary N) is 1. The average Bonchev–Trinajstić information content (AvgIpc) is 2.50. The van der Waals surface area contributed by atoms with Crippen LogP contribution in [0.5, 0.6) is 11.5 Å². The standard InChI is InChI=1S/C17H18N2O/c1-2-8-15(9-3-1)20-16-10-6-7-14(13-16)19-17-11-4-5-12-18-17/h1-3,6-10,13H,4-5,11-12H2,(H,18,19). The summed E-state index contributed by atoms with van der Waals surface area (Å²) in [6, 6.07) is 17.8. The van der Waals surface area contributed by atoms with E-state index < -0.39 is 0 Å². The summed E-state index contributed by atoms with van der Waals surface area (Å²) >= 11 is 0. The third-order valence-corrected chi connectivity index (χ3v) is 3.23. The summed E-state index contributed by atoms with van der Waals surface area (Å²) in [4.78, 5) is 4.50. The van der Waals surface area contributed by atoms with Crippen molar-refractivity contribution in [1.29, 1.82) is 0 Å². The van der Waals surface area contributed by atoms with Crippen molar-refractivity contribution in [3.05, 3.63) is 54.6 Å². The molecule has 102 valence electrons. The zero-order valence-corrected chi connectivity index (χ0v) is 11.4. The SMILES string of the molecule is c1ccc(Oc2cccc(NC3=NCCCC3)c2)cc1. The number of anilines is 1. The fraction of sp³-hybridized carbons (Fsp3) is 0.235. The number of rotatable bonds is 3. The van der Waals surface area contributed by atoms with Gasteiger partial charge in [0.2, 0.25) is 0 Å². The van der Waals surface area contributed by atoms with Crippen molar-refractivity contribution in [3.8, 4) is 11.5 Å². The molecule has 0 amide bonds. The van der Waals surface area contributed by atoms with Crippen LogP contribution in [0.3, 0.4) is 0 Å². The highest BCUT2D eigenvalue weighted by molar-refractivity contribution is 5.95. The van der Waals surface area contributed by atoms with E-state index in [9.17, 15) is 0 Å². The van der Waals surface area contributed by atoms with Crippen molar-refractivity contribution in [1.82, 2.24) is 0 Å². The normalized spacial score (nSPS) is 14.5. The van der Waals surface area contributed by atoms with Crippen molar-refractivity contribution in [2.75, 3.05) is 11.9 Å². The van der Waals surface area contributed by atoms with Crippen LogP contribution >= 0.6 is 0 Å². The lowest BCUT2D eigenvalue weighted by molar-refractivity contribution is 0.483. The molecule has 0 bridgehead atoms. The van der Waals surface area contributed by atoms with E-state index >= 15 is 0 Å². The smallest absolute Gasteiger partial charge is 0.129 e. The van der Waals surface area contributed by atoms with Crippen LogP contribution in [0.1, 0.15) is 19.3 Å². The Morgan fingerprint density at radius 1 is 0.900 bits per heavy atom. The Bertz CT molecular complexity index is 593. The summed E-state index contributed by atoms with van der Waals surface area (Å²) in [5, 5.41) is 3.38. The van der Waals surface area contributed by atoms with Crippen LogP contribution in [0.4, 0.5) is 5.69 Å². The molecule has 0 saturated carbocycles. The van der Waals surface area contributed by atoms with Gasteiger partial charge in [0, 0.05) is 24.7 Å². The Hall–Kier alpha value is -2.29. The Labute approximate surface area is 119 Å². The average molecular weight is 266 g/mol. The topological polar surface area (TPSA) is 33.6 Å². The first-order valence-corrected chi connectivity index (χ1v) is 7.03. The summed E-state index contributed by atoms with van der Waals surface area (Å²) in [5.41, 5.74) is 1.03. The van der Waals surface area contributed by atoms with Gasteiger partial charge in [0.05, 0.1) is 0 Å². The molecule has 3 heteroatoms. The fourth-order valence-electron chi connectivity index (χ4n) is 2.23. The lowest BCUT2D eigenvalue weighted by Crippen LogP contribution is -2.15. The van der Waals surface area contributed by atoms with Crippen molar-refractivity contribution in [3.63, 3.8) is 0 Å². The second-order valence-electron chi connectivity index (χ2n) is 4.85. The molecular formula is C17H18N2O. The van der Waals surface area contributed by atoms with E-state index in [0.29, 0.717) is 0 Å². The molecule has 20 heavy (non-hydrogen) atoms. The van der Waals surface area contributed by atoms with Crippen molar-refractivity contribution in [2.45, 2.75) is 19.3 Å². The Morgan fingerprint density at radius 3 is 2.55 bits per heavy atom. The summed E-state index contributed by atoms with van der Waals surface area (Å²) < 4.78 is 5.83. The first kappa shape index (κ1) is 12.7. The van der Waals surface area contributed by atoms with Gasteiger partial charge in [-0.2, -0.15) is 0 Å². The number of nitrogens with zero attached hydrogens (tertiary/aromatic N) is 1. The molecule has 0 unspecified atom stereocenters. The predicted molar refractivity (Wildman–Crippen MR) is 82.7 cm³/mol. The molecular weight excluding hydrogens is 248 g/mol. The van der Waals surface area contributed by atoms with Crippen LogP contribution < -0.4 is 10.1 Å². The molecule has 3 rings (SSSR count). The minimum absolute atomic E-state index is 0.831. The van der Waals surface area contributed by atoms with Crippen LogP contribution in [0, 0.1) is 0 Å². The predicted octanol–water partition coefficient (Wildman–Crippen LogP) is 4.47. The van der Waals surface area contributed by atoms with Gasteiger partial charge in [0.25, 0.3) is 0 Å². The molecule has 0 atom stereocenters. The number of aliphatic imine (C=N–C) groups is 1. The molecule has 0 aliphatic carbocycles. The number of hydrogen-bond acceptors (Lipinski definition) is 3. The highest BCUT2D eigenvalue weighted by Gasteiger charge is 2.06. The first-order chi connectivity index (χ1) is 9.90. The highest BCUT2D eigenvalue weighted by atomic mass is 16.5. The maximum Gasteiger partial charge on any atom is 0.129 e. The van der Waals surface area contributed by atoms with Gasteiger partial charge in [-0.3, -0.25) is 4.99 Å². The van der Waals surface area contributed by atoms with E-state index in [4.69, 9.17) is 4.74 Å². The number of amidine groups is 1. The zero-order valence-electron chi connectivity index (χ0n) is 11.4. The van der Waals surface area contributed by atoms with Gasteiger partial charge in [-0.25, -0.2) is 0 Å². The van der Waals surface area contributed by atoms with Gasteiger partial charge in [0.15, 0.2) is 0 Å². The van der Waals surface area contributed by atoms with E-state index in [1.807, 2.05) is 54.6 Å². The van der Waals surface area contributed by atoms with Crippen molar-refractivity contribution in [2.24, 2.45) is 4.99 Å². The summed E-state index contributed by atoms with van der Waals surface area (Å²) in [5.74, 6) is 2.75. The lowest BCUT2D eigenvalue weighted by atomic mass is 10.2. The zero-order chi connectivity index (χ0) is 13.6. The molecule has 0 aromatic heterocycles. The van der Waals surface area contributed by atoms with Crippen LogP contribution in [0.15, 0.2) is 59.6 Å². The third kappa shape index (κ3) is 3.38. The largest absolute Gasteiger partial charge is 0.457 e. The van der Waals surface area contributed by atoms with E-state index in [0.717, 1.165) is 36.0 Å². The number of benzene rings is 2. The summed E-state index contributed by atoms with van der Waals surface area (Å²) in [7, 11) is 0. The van der Waals surface area contributed by atoms with Crippen LogP contribution in [0.2, 0.25) is 0 Å². The second kappa shape index (κ2) is 6.24. The van der Waals surface area contributed by atoms with Crippen molar-refractivity contribution < 1.29 is 4.74 Å². The molecule has 0 spiro atoms. The lowest BCUT2D eigenvalue weighted by Gasteiger charge is -2.14. The van der Waals surface area contributed by atoms with Gasteiger partial charge in [-0.15, -0.1) is 0 Å². The van der Waals surface area contributed by atoms with Gasteiger partial charge in [0.1, 0.15) is 17.3 Å². The third-order valence-electron chi connectivity index (χ3n) is 3.23. The maximum atomic E-state index is 5.83. The molecule has 2 aromatic carbocycles. The quantitative estimate of drug-likeness (QED) is 0.889. The molecule has 1 aliphatic rings. The Kier molecular flexibility index (Phi) is 3.97. The van der Waals surface area contributed by atoms with Gasteiger partial charge in [-0.05, 0) is 37.1 Å². The van der Waals surface area contributed by atoms with Crippen LogP contribution in [0.25, 0.3) is 0 Å². The van der Waals surface area contributed by atoms with E-state index in [1.54, 1.807) is 0 Å². The molecule has 3 nitrogen and oxygen atoms in total. The summed E-state index contributed by atoms with van der Waals surface area (Å²) in [6.45, 7) is 0.933. The molecule has 0 fully saturated rings. The second-order valence-corrected chi connectivity index (χ2v) is 4.85. The molecule has 1 heterocycles. The first-order valence-electron chi connectivity index (χ1n) is 7.03. The fourth-order valence-corrected chi connectivity index (χ4v) is 2.23. The van der Waals surface area contributed by atoms with Gasteiger partial charge in [-0.1, -0.05) is 24.3 Å². The van der Waals surface area contributed by atoms with Gasteiger partial charge >= 0.3 is 0 Å². The number of para-hydroxylation sites is 1. The van der Waals surface area contributed by atoms with Gasteiger partial charge < -0.3 is 10.1 Å². The molecule has 1 aliphatic heterocycles. The molecule has 0 radical (unpaired) electrons. The van der Waals surface area contributed by atoms with Crippen LogP contribution in [-0.4, -0.2) is 12.4 Å². The highest BCUT2D eigenvalue weighted by Crippen LogP contribution is 2.24. The molecule has 1 N–H and O–H groups in total.